The van der Waals surface area contributed by atoms with Crippen LogP contribution in [-0.2, 0) is 11.2 Å². The molecule has 20 heavy (non-hydrogen) atoms. The molecule has 2 atom stereocenters. The van der Waals surface area contributed by atoms with Crippen LogP contribution in [0.2, 0.25) is 0 Å². The summed E-state index contributed by atoms with van der Waals surface area (Å²) in [6.07, 6.45) is 0.512. The molecule has 0 aliphatic heterocycles. The molecule has 0 aromatic heterocycles. The van der Waals surface area contributed by atoms with Gasteiger partial charge in [0.25, 0.3) is 0 Å². The van der Waals surface area contributed by atoms with Gasteiger partial charge in [-0.25, -0.2) is 4.39 Å². The van der Waals surface area contributed by atoms with Gasteiger partial charge >= 0.3 is 0 Å². The van der Waals surface area contributed by atoms with Crippen LogP contribution in [0.5, 0.6) is 0 Å². The normalized spacial score (nSPS) is 14.1. The molecule has 1 rings (SSSR count). The van der Waals surface area contributed by atoms with Crippen molar-refractivity contribution in [1.82, 2.24) is 5.32 Å². The molecule has 0 radical (unpaired) electrons. The van der Waals surface area contributed by atoms with E-state index < -0.39 is 6.10 Å². The van der Waals surface area contributed by atoms with Gasteiger partial charge in [-0.15, -0.1) is 0 Å². The molecule has 0 fully saturated rings. The molecule has 1 aromatic rings. The van der Waals surface area contributed by atoms with E-state index in [2.05, 4.69) is 5.32 Å². The van der Waals surface area contributed by atoms with Crippen LogP contribution < -0.4 is 5.32 Å². The van der Waals surface area contributed by atoms with Crippen molar-refractivity contribution in [2.75, 3.05) is 6.54 Å². The second-order valence-corrected chi connectivity index (χ2v) is 5.59. The molecule has 1 amide bonds. The number of amides is 1. The van der Waals surface area contributed by atoms with E-state index in [0.717, 1.165) is 0 Å². The van der Waals surface area contributed by atoms with E-state index in [1.807, 2.05) is 13.8 Å². The van der Waals surface area contributed by atoms with Crippen LogP contribution in [0.1, 0.15) is 32.8 Å². The van der Waals surface area contributed by atoms with Gasteiger partial charge in [0.05, 0.1) is 6.10 Å². The van der Waals surface area contributed by atoms with E-state index in [0.29, 0.717) is 24.9 Å². The molecule has 0 saturated heterocycles. The molecule has 112 valence electrons. The minimum absolute atomic E-state index is 0.107. The predicted octanol–water partition coefficient (Wildman–Crippen LogP) is 2.53. The van der Waals surface area contributed by atoms with Gasteiger partial charge in [0.1, 0.15) is 5.82 Å². The average molecular weight is 281 g/mol. The topological polar surface area (TPSA) is 49.3 Å². The lowest BCUT2D eigenvalue weighted by molar-refractivity contribution is -0.124. The van der Waals surface area contributed by atoms with E-state index in [-0.39, 0.29) is 23.6 Å². The summed E-state index contributed by atoms with van der Waals surface area (Å²) >= 11 is 0. The summed E-state index contributed by atoms with van der Waals surface area (Å²) in [7, 11) is 0. The van der Waals surface area contributed by atoms with Crippen molar-refractivity contribution in [1.29, 1.82) is 0 Å². The van der Waals surface area contributed by atoms with Crippen molar-refractivity contribution >= 4 is 5.91 Å². The Morgan fingerprint density at radius 3 is 2.55 bits per heavy atom. The Morgan fingerprint density at radius 2 is 1.95 bits per heavy atom. The average Bonchev–Trinajstić information content (AvgIpc) is 2.40. The summed E-state index contributed by atoms with van der Waals surface area (Å²) in [5, 5.41) is 12.4. The number of halogens is 1. The molecule has 0 aliphatic carbocycles. The van der Waals surface area contributed by atoms with Crippen molar-refractivity contribution in [3.63, 3.8) is 0 Å². The molecule has 0 saturated carbocycles. The number of hydrogen-bond acceptors (Lipinski definition) is 2. The van der Waals surface area contributed by atoms with E-state index >= 15 is 0 Å². The molecule has 0 bridgehead atoms. The molecule has 0 aliphatic rings. The zero-order chi connectivity index (χ0) is 15.1. The van der Waals surface area contributed by atoms with Gasteiger partial charge in [-0.1, -0.05) is 39.0 Å². The number of carbonyl (C=O) groups is 1. The quantitative estimate of drug-likeness (QED) is 0.807. The van der Waals surface area contributed by atoms with Gasteiger partial charge < -0.3 is 10.4 Å². The standard InChI is InChI=1S/C16H24FNO2/c1-11(2)15(19)8-9-18-16(20)12(3)10-13-6-4-5-7-14(13)17/h4-7,11-12,15,19H,8-10H2,1-3H3,(H,18,20). The monoisotopic (exact) mass is 281 g/mol. The number of nitrogens with one attached hydrogen (secondary N) is 1. The van der Waals surface area contributed by atoms with Crippen molar-refractivity contribution < 1.29 is 14.3 Å². The van der Waals surface area contributed by atoms with E-state index in [9.17, 15) is 14.3 Å². The van der Waals surface area contributed by atoms with Gasteiger partial charge in [-0.3, -0.25) is 4.79 Å². The molecule has 2 N–H and O–H groups in total. The lowest BCUT2D eigenvalue weighted by Crippen LogP contribution is -2.33. The maximum absolute atomic E-state index is 13.5. The second kappa shape index (κ2) is 8.00. The van der Waals surface area contributed by atoms with Crippen LogP contribution in [-0.4, -0.2) is 23.7 Å². The zero-order valence-electron chi connectivity index (χ0n) is 12.4. The lowest BCUT2D eigenvalue weighted by atomic mass is 9.99. The maximum Gasteiger partial charge on any atom is 0.223 e. The van der Waals surface area contributed by atoms with Crippen LogP contribution in [0.25, 0.3) is 0 Å². The molecular formula is C16H24FNO2. The van der Waals surface area contributed by atoms with Crippen molar-refractivity contribution in [3.8, 4) is 0 Å². The number of hydrogen-bond donors (Lipinski definition) is 2. The Labute approximate surface area is 120 Å². The number of benzene rings is 1. The Balaban J connectivity index is 2.38. The van der Waals surface area contributed by atoms with Crippen molar-refractivity contribution in [3.05, 3.63) is 35.6 Å². The van der Waals surface area contributed by atoms with E-state index in [1.54, 1.807) is 25.1 Å². The summed E-state index contributed by atoms with van der Waals surface area (Å²) in [6, 6.07) is 6.50. The fourth-order valence-electron chi connectivity index (χ4n) is 1.94. The summed E-state index contributed by atoms with van der Waals surface area (Å²) < 4.78 is 13.5. The van der Waals surface area contributed by atoms with E-state index in [4.69, 9.17) is 0 Å². The highest BCUT2D eigenvalue weighted by Gasteiger charge is 2.16. The maximum atomic E-state index is 13.5. The number of rotatable bonds is 7. The highest BCUT2D eigenvalue weighted by atomic mass is 19.1. The molecule has 4 heteroatoms. The van der Waals surface area contributed by atoms with Gasteiger partial charge in [-0.05, 0) is 30.4 Å². The highest BCUT2D eigenvalue weighted by Crippen LogP contribution is 2.12. The van der Waals surface area contributed by atoms with Crippen molar-refractivity contribution in [2.24, 2.45) is 11.8 Å². The molecule has 2 unspecified atom stereocenters. The Kier molecular flexibility index (Phi) is 6.65. The van der Waals surface area contributed by atoms with Crippen LogP contribution in [0.15, 0.2) is 24.3 Å². The van der Waals surface area contributed by atoms with Crippen molar-refractivity contribution in [2.45, 2.75) is 39.7 Å². The first-order chi connectivity index (χ1) is 9.41. The third-order valence-electron chi connectivity index (χ3n) is 3.44. The fourth-order valence-corrected chi connectivity index (χ4v) is 1.94. The van der Waals surface area contributed by atoms with E-state index in [1.165, 1.54) is 6.07 Å². The highest BCUT2D eigenvalue weighted by molar-refractivity contribution is 5.78. The minimum Gasteiger partial charge on any atom is -0.393 e. The number of aliphatic hydroxyl groups excluding tert-OH is 1. The first-order valence-corrected chi connectivity index (χ1v) is 7.11. The number of carbonyl (C=O) groups excluding carboxylic acids is 1. The molecular weight excluding hydrogens is 257 g/mol. The zero-order valence-corrected chi connectivity index (χ0v) is 12.4. The Morgan fingerprint density at radius 1 is 1.30 bits per heavy atom. The van der Waals surface area contributed by atoms with Crippen LogP contribution >= 0.6 is 0 Å². The third kappa shape index (κ3) is 5.29. The summed E-state index contributed by atoms with van der Waals surface area (Å²) in [6.45, 7) is 6.10. The second-order valence-electron chi connectivity index (χ2n) is 5.59. The summed E-state index contributed by atoms with van der Waals surface area (Å²) in [4.78, 5) is 11.9. The summed E-state index contributed by atoms with van der Waals surface area (Å²) in [5.41, 5.74) is 0.553. The molecule has 0 spiro atoms. The van der Waals surface area contributed by atoms with Crippen LogP contribution in [0, 0.1) is 17.7 Å². The first-order valence-electron chi connectivity index (χ1n) is 7.11. The lowest BCUT2D eigenvalue weighted by Gasteiger charge is -2.16. The fraction of sp³-hybridized carbons (Fsp3) is 0.562. The SMILES string of the molecule is CC(Cc1ccccc1F)C(=O)NCCC(O)C(C)C. The molecule has 1 aromatic carbocycles. The number of aliphatic hydroxyl groups is 1. The van der Waals surface area contributed by atoms with Gasteiger partial charge in [0.15, 0.2) is 0 Å². The summed E-state index contributed by atoms with van der Waals surface area (Å²) in [5.74, 6) is -0.488. The van der Waals surface area contributed by atoms with Crippen LogP contribution in [0.3, 0.4) is 0 Å². The molecule has 3 nitrogen and oxygen atoms in total. The smallest absolute Gasteiger partial charge is 0.223 e. The minimum atomic E-state index is -0.405. The first kappa shape index (κ1) is 16.6. The van der Waals surface area contributed by atoms with Gasteiger partial charge in [0, 0.05) is 12.5 Å². The third-order valence-corrected chi connectivity index (χ3v) is 3.44. The Hall–Kier alpha value is -1.42. The molecule has 0 heterocycles. The predicted molar refractivity (Wildman–Crippen MR) is 77.7 cm³/mol. The Bertz CT molecular complexity index is 434. The van der Waals surface area contributed by atoms with Crippen LogP contribution in [0.4, 0.5) is 4.39 Å². The van der Waals surface area contributed by atoms with Gasteiger partial charge in [-0.2, -0.15) is 0 Å². The largest absolute Gasteiger partial charge is 0.393 e. The van der Waals surface area contributed by atoms with Gasteiger partial charge in [0.2, 0.25) is 5.91 Å².